The van der Waals surface area contributed by atoms with Crippen LogP contribution in [0.4, 0.5) is 0 Å². The van der Waals surface area contributed by atoms with Gasteiger partial charge in [0.1, 0.15) is 5.75 Å². The molecule has 0 bridgehead atoms. The van der Waals surface area contributed by atoms with Gasteiger partial charge in [-0.3, -0.25) is 0 Å². The minimum absolute atomic E-state index is 0.935. The van der Waals surface area contributed by atoms with Gasteiger partial charge in [0.2, 0.25) is 0 Å². The Morgan fingerprint density at radius 2 is 2.00 bits per heavy atom. The smallest absolute Gasteiger partial charge is 0.125 e. The van der Waals surface area contributed by atoms with Crippen LogP contribution in [0.15, 0.2) is 18.2 Å². The first-order chi connectivity index (χ1) is 4.74. The molecule has 0 N–H and O–H groups in total. The van der Waals surface area contributed by atoms with Gasteiger partial charge < -0.3 is 4.52 Å². The highest BCUT2D eigenvalue weighted by molar-refractivity contribution is 7.10. The van der Waals surface area contributed by atoms with Crippen molar-refractivity contribution in [1.82, 2.24) is 0 Å². The summed E-state index contributed by atoms with van der Waals surface area (Å²) in [7, 11) is 2.25. The summed E-state index contributed by atoms with van der Waals surface area (Å²) in [5.74, 6) is 0.935. The van der Waals surface area contributed by atoms with Gasteiger partial charge in [0.15, 0.2) is 0 Å². The Kier molecular flexibility index (Phi) is 2.29. The fourth-order valence-corrected chi connectivity index (χ4v) is 1.09. The van der Waals surface area contributed by atoms with Crippen LogP contribution in [-0.2, 0) is 0 Å². The van der Waals surface area contributed by atoms with Gasteiger partial charge in [0, 0.05) is 0 Å². The standard InChI is InChI=1S/C8H11OP/c1-6-3-4-7(2)8(5-6)9-10/h3-5H,10H2,1-2H3. The zero-order valence-electron chi connectivity index (χ0n) is 6.22. The molecule has 0 spiro atoms. The number of rotatable bonds is 1. The number of hydrogen-bond donors (Lipinski definition) is 0. The summed E-state index contributed by atoms with van der Waals surface area (Å²) in [6, 6.07) is 6.14. The molecule has 54 valence electrons. The number of benzene rings is 1. The number of hydrogen-bond acceptors (Lipinski definition) is 1. The van der Waals surface area contributed by atoms with Crippen molar-refractivity contribution >= 4 is 9.47 Å². The largest absolute Gasteiger partial charge is 0.480 e. The maximum absolute atomic E-state index is 5.04. The second-order valence-corrected chi connectivity index (χ2v) is 2.62. The van der Waals surface area contributed by atoms with Crippen molar-refractivity contribution in [3.63, 3.8) is 0 Å². The summed E-state index contributed by atoms with van der Waals surface area (Å²) in [6.07, 6.45) is 0. The summed E-state index contributed by atoms with van der Waals surface area (Å²) in [5, 5.41) is 0. The number of aryl methyl sites for hydroxylation is 2. The molecular weight excluding hydrogens is 143 g/mol. The van der Waals surface area contributed by atoms with Gasteiger partial charge in [-0.1, -0.05) is 12.1 Å². The van der Waals surface area contributed by atoms with Crippen LogP contribution >= 0.6 is 9.47 Å². The third-order valence-electron chi connectivity index (χ3n) is 1.47. The van der Waals surface area contributed by atoms with Gasteiger partial charge in [-0.2, -0.15) is 0 Å². The molecule has 1 nitrogen and oxygen atoms in total. The third kappa shape index (κ3) is 1.48. The molecule has 0 saturated carbocycles. The minimum atomic E-state index is 0.935. The van der Waals surface area contributed by atoms with E-state index in [9.17, 15) is 0 Å². The first-order valence-corrected chi connectivity index (χ1v) is 3.65. The van der Waals surface area contributed by atoms with E-state index in [-0.39, 0.29) is 0 Å². The van der Waals surface area contributed by atoms with E-state index in [1.54, 1.807) is 0 Å². The van der Waals surface area contributed by atoms with Crippen LogP contribution in [0, 0.1) is 13.8 Å². The molecule has 1 aromatic rings. The zero-order valence-corrected chi connectivity index (χ0v) is 7.37. The summed E-state index contributed by atoms with van der Waals surface area (Å²) in [6.45, 7) is 4.07. The maximum atomic E-state index is 5.04. The molecule has 0 aliphatic heterocycles. The van der Waals surface area contributed by atoms with E-state index in [1.165, 1.54) is 11.1 Å². The molecular formula is C8H11OP. The normalized spacial score (nSPS) is 9.50. The molecule has 1 unspecified atom stereocenters. The predicted molar refractivity (Wildman–Crippen MR) is 46.3 cm³/mol. The van der Waals surface area contributed by atoms with Crippen LogP contribution in [-0.4, -0.2) is 0 Å². The third-order valence-corrected chi connectivity index (χ3v) is 1.72. The average Bonchev–Trinajstić information content (AvgIpc) is 1.94. The second kappa shape index (κ2) is 3.03. The molecule has 1 aromatic carbocycles. The van der Waals surface area contributed by atoms with E-state index < -0.39 is 0 Å². The molecule has 0 fully saturated rings. The predicted octanol–water partition coefficient (Wildman–Crippen LogP) is 2.47. The van der Waals surface area contributed by atoms with E-state index in [0.29, 0.717) is 0 Å². The van der Waals surface area contributed by atoms with Crippen molar-refractivity contribution in [2.24, 2.45) is 0 Å². The highest BCUT2D eigenvalue weighted by Crippen LogP contribution is 2.20. The lowest BCUT2D eigenvalue weighted by atomic mass is 10.1. The summed E-state index contributed by atoms with van der Waals surface area (Å²) in [5.41, 5.74) is 2.39. The lowest BCUT2D eigenvalue weighted by Crippen LogP contribution is -1.81. The van der Waals surface area contributed by atoms with Crippen LogP contribution in [0.5, 0.6) is 5.75 Å². The van der Waals surface area contributed by atoms with Gasteiger partial charge >= 0.3 is 0 Å². The van der Waals surface area contributed by atoms with Crippen molar-refractivity contribution < 1.29 is 4.52 Å². The molecule has 0 aromatic heterocycles. The van der Waals surface area contributed by atoms with Gasteiger partial charge in [-0.15, -0.1) is 0 Å². The van der Waals surface area contributed by atoms with Crippen molar-refractivity contribution in [3.05, 3.63) is 29.3 Å². The molecule has 0 aliphatic rings. The minimum Gasteiger partial charge on any atom is -0.480 e. The first-order valence-electron chi connectivity index (χ1n) is 3.18. The summed E-state index contributed by atoms with van der Waals surface area (Å²) >= 11 is 0. The highest BCUT2D eigenvalue weighted by atomic mass is 31.0. The zero-order chi connectivity index (χ0) is 7.56. The van der Waals surface area contributed by atoms with Crippen LogP contribution in [0.2, 0.25) is 0 Å². The van der Waals surface area contributed by atoms with E-state index >= 15 is 0 Å². The van der Waals surface area contributed by atoms with E-state index in [0.717, 1.165) is 5.75 Å². The van der Waals surface area contributed by atoms with E-state index in [4.69, 9.17) is 4.52 Å². The monoisotopic (exact) mass is 154 g/mol. The molecule has 1 atom stereocenters. The molecule has 0 amide bonds. The SMILES string of the molecule is Cc1ccc(C)c(OP)c1. The van der Waals surface area contributed by atoms with Crippen molar-refractivity contribution in [1.29, 1.82) is 0 Å². The molecule has 0 heterocycles. The van der Waals surface area contributed by atoms with Gasteiger partial charge in [-0.25, -0.2) is 0 Å². The van der Waals surface area contributed by atoms with Gasteiger partial charge in [0.05, 0.1) is 9.47 Å². The Morgan fingerprint density at radius 1 is 1.30 bits per heavy atom. The molecule has 0 saturated heterocycles. The molecule has 0 aliphatic carbocycles. The topological polar surface area (TPSA) is 9.23 Å². The van der Waals surface area contributed by atoms with E-state index in [2.05, 4.69) is 21.6 Å². The Balaban J connectivity index is 3.09. The maximum Gasteiger partial charge on any atom is 0.125 e. The summed E-state index contributed by atoms with van der Waals surface area (Å²) in [4.78, 5) is 0. The Labute approximate surface area is 63.7 Å². The van der Waals surface area contributed by atoms with Crippen LogP contribution in [0.3, 0.4) is 0 Å². The second-order valence-electron chi connectivity index (χ2n) is 2.39. The van der Waals surface area contributed by atoms with Crippen molar-refractivity contribution in [2.45, 2.75) is 13.8 Å². The molecule has 2 heteroatoms. The lowest BCUT2D eigenvalue weighted by molar-refractivity contribution is 0.639. The molecule has 0 radical (unpaired) electrons. The highest BCUT2D eigenvalue weighted by Gasteiger charge is 1.95. The van der Waals surface area contributed by atoms with E-state index in [1.807, 2.05) is 19.9 Å². The fourth-order valence-electron chi connectivity index (χ4n) is 0.834. The first kappa shape index (κ1) is 7.56. The Bertz CT molecular complexity index is 233. The van der Waals surface area contributed by atoms with Crippen molar-refractivity contribution in [2.75, 3.05) is 0 Å². The Hall–Kier alpha value is -0.550. The molecule has 10 heavy (non-hydrogen) atoms. The fraction of sp³-hybridized carbons (Fsp3) is 0.250. The quantitative estimate of drug-likeness (QED) is 0.564. The Morgan fingerprint density at radius 3 is 2.50 bits per heavy atom. The van der Waals surface area contributed by atoms with Crippen LogP contribution < -0.4 is 4.52 Å². The van der Waals surface area contributed by atoms with Gasteiger partial charge in [-0.05, 0) is 31.0 Å². The molecule has 1 rings (SSSR count). The van der Waals surface area contributed by atoms with Gasteiger partial charge in [0.25, 0.3) is 0 Å². The lowest BCUT2D eigenvalue weighted by Gasteiger charge is -2.03. The van der Waals surface area contributed by atoms with Crippen LogP contribution in [0.1, 0.15) is 11.1 Å². The van der Waals surface area contributed by atoms with Crippen molar-refractivity contribution in [3.8, 4) is 5.75 Å². The average molecular weight is 154 g/mol. The summed E-state index contributed by atoms with van der Waals surface area (Å²) < 4.78 is 5.04. The van der Waals surface area contributed by atoms with Crippen LogP contribution in [0.25, 0.3) is 0 Å².